The van der Waals surface area contributed by atoms with Crippen LogP contribution in [0.15, 0.2) is 52.4 Å². The molecule has 8 heteroatoms. The highest BCUT2D eigenvalue weighted by Gasteiger charge is 2.20. The van der Waals surface area contributed by atoms with E-state index in [9.17, 15) is 13.2 Å². The van der Waals surface area contributed by atoms with Crippen molar-refractivity contribution >= 4 is 37.5 Å². The first-order valence-corrected chi connectivity index (χ1v) is 12.2. The number of amides is 1. The number of aryl methyl sites for hydroxylation is 1. The molecule has 3 rings (SSSR count). The molecule has 0 saturated carbocycles. The molecule has 0 spiro atoms. The summed E-state index contributed by atoms with van der Waals surface area (Å²) in [7, 11) is -2.02. The van der Waals surface area contributed by atoms with Gasteiger partial charge in [-0.3, -0.25) is 4.79 Å². The fourth-order valence-corrected chi connectivity index (χ4v) is 5.45. The highest BCUT2D eigenvalue weighted by atomic mass is 32.2. The van der Waals surface area contributed by atoms with Crippen molar-refractivity contribution in [3.05, 3.63) is 58.4 Å². The van der Waals surface area contributed by atoms with Gasteiger partial charge in [-0.2, -0.15) is 4.99 Å². The molecule has 1 heterocycles. The van der Waals surface area contributed by atoms with Crippen LogP contribution >= 0.6 is 11.3 Å². The van der Waals surface area contributed by atoms with Crippen LogP contribution in [0.4, 0.5) is 0 Å². The fourth-order valence-electron chi connectivity index (χ4n) is 3.11. The largest absolute Gasteiger partial charge is 0.305 e. The minimum Gasteiger partial charge on any atom is -0.305 e. The number of benzene rings is 2. The quantitative estimate of drug-likeness (QED) is 0.509. The maximum Gasteiger partial charge on any atom is 0.279 e. The van der Waals surface area contributed by atoms with Gasteiger partial charge >= 0.3 is 0 Å². The number of nitrogens with zero attached hydrogens (tertiary/aromatic N) is 3. The number of unbranched alkanes of at least 4 members (excludes halogenated alkanes) is 1. The summed E-state index contributed by atoms with van der Waals surface area (Å²) in [6, 6.07) is 11.9. The molecule has 162 valence electrons. The summed E-state index contributed by atoms with van der Waals surface area (Å²) in [5, 5.41) is 0. The number of sulfonamides is 1. The SMILES string of the molecule is C#CCn1c(=NC(=O)c2ccc(S(=O)(=O)N(C)CCCC)cc2)sc2cc(C)ccc21. The molecule has 0 N–H and O–H groups in total. The van der Waals surface area contributed by atoms with E-state index in [0.717, 1.165) is 28.6 Å². The lowest BCUT2D eigenvalue weighted by Crippen LogP contribution is -2.27. The summed E-state index contributed by atoms with van der Waals surface area (Å²) in [5.41, 5.74) is 2.35. The third-order valence-corrected chi connectivity index (χ3v) is 7.83. The molecule has 0 fully saturated rings. The summed E-state index contributed by atoms with van der Waals surface area (Å²) in [5.74, 6) is 2.16. The number of hydrogen-bond donors (Lipinski definition) is 0. The second-order valence-electron chi connectivity index (χ2n) is 7.27. The van der Waals surface area contributed by atoms with Gasteiger partial charge in [-0.1, -0.05) is 36.7 Å². The zero-order valence-electron chi connectivity index (χ0n) is 17.8. The smallest absolute Gasteiger partial charge is 0.279 e. The molecule has 1 aromatic heterocycles. The van der Waals surface area contributed by atoms with Crippen molar-refractivity contribution in [2.45, 2.75) is 38.1 Å². The van der Waals surface area contributed by atoms with E-state index in [1.54, 1.807) is 7.05 Å². The maximum absolute atomic E-state index is 12.8. The summed E-state index contributed by atoms with van der Waals surface area (Å²) in [4.78, 5) is 17.7. The minimum absolute atomic E-state index is 0.155. The van der Waals surface area contributed by atoms with Crippen molar-refractivity contribution in [1.29, 1.82) is 0 Å². The third kappa shape index (κ3) is 4.96. The van der Waals surface area contributed by atoms with Crippen LogP contribution in [-0.2, 0) is 16.6 Å². The van der Waals surface area contributed by atoms with Gasteiger partial charge in [0.1, 0.15) is 0 Å². The van der Waals surface area contributed by atoms with Crippen molar-refractivity contribution in [2.24, 2.45) is 4.99 Å². The Morgan fingerprint density at radius 1 is 1.23 bits per heavy atom. The van der Waals surface area contributed by atoms with E-state index in [2.05, 4.69) is 10.9 Å². The van der Waals surface area contributed by atoms with Crippen LogP contribution in [-0.4, -0.2) is 36.8 Å². The highest BCUT2D eigenvalue weighted by Crippen LogP contribution is 2.20. The molecule has 2 aromatic carbocycles. The summed E-state index contributed by atoms with van der Waals surface area (Å²) in [6.07, 6.45) is 7.21. The van der Waals surface area contributed by atoms with E-state index >= 15 is 0 Å². The Labute approximate surface area is 186 Å². The van der Waals surface area contributed by atoms with E-state index < -0.39 is 15.9 Å². The Morgan fingerprint density at radius 2 is 1.94 bits per heavy atom. The van der Waals surface area contributed by atoms with Crippen LogP contribution in [0.3, 0.4) is 0 Å². The molecule has 6 nitrogen and oxygen atoms in total. The summed E-state index contributed by atoms with van der Waals surface area (Å²) < 4.78 is 29.5. The average Bonchev–Trinajstić information content (AvgIpc) is 3.08. The van der Waals surface area contributed by atoms with E-state index in [4.69, 9.17) is 6.42 Å². The second-order valence-corrected chi connectivity index (χ2v) is 10.3. The van der Waals surface area contributed by atoms with E-state index in [1.165, 1.54) is 39.9 Å². The first-order chi connectivity index (χ1) is 14.8. The molecule has 1 amide bonds. The normalized spacial score (nSPS) is 12.4. The number of hydrogen-bond acceptors (Lipinski definition) is 4. The van der Waals surface area contributed by atoms with E-state index in [0.29, 0.717) is 23.5 Å². The number of carbonyl (C=O) groups excluding carboxylic acids is 1. The van der Waals surface area contributed by atoms with Gasteiger partial charge in [0.2, 0.25) is 10.0 Å². The Kier molecular flexibility index (Phi) is 7.11. The zero-order chi connectivity index (χ0) is 22.6. The van der Waals surface area contributed by atoms with E-state index in [-0.39, 0.29) is 4.90 Å². The highest BCUT2D eigenvalue weighted by molar-refractivity contribution is 7.89. The van der Waals surface area contributed by atoms with Crippen LogP contribution in [0.25, 0.3) is 10.2 Å². The molecule has 0 aliphatic heterocycles. The number of aromatic nitrogens is 1. The maximum atomic E-state index is 12.8. The van der Waals surface area contributed by atoms with Gasteiger partial charge in [-0.15, -0.1) is 6.42 Å². The van der Waals surface area contributed by atoms with Gasteiger partial charge in [-0.05, 0) is 55.3 Å². The molecule has 31 heavy (non-hydrogen) atoms. The predicted molar refractivity (Wildman–Crippen MR) is 124 cm³/mol. The number of terminal acetylenes is 1. The van der Waals surface area contributed by atoms with Gasteiger partial charge in [0.25, 0.3) is 5.91 Å². The molecule has 0 aliphatic carbocycles. The van der Waals surface area contributed by atoms with Crippen LogP contribution in [0.2, 0.25) is 0 Å². The lowest BCUT2D eigenvalue weighted by atomic mass is 10.2. The van der Waals surface area contributed by atoms with Crippen LogP contribution in [0.1, 0.15) is 35.7 Å². The molecular formula is C23H25N3O3S2. The molecule has 0 radical (unpaired) electrons. The average molecular weight is 456 g/mol. The van der Waals surface area contributed by atoms with Crippen molar-refractivity contribution in [1.82, 2.24) is 8.87 Å². The lowest BCUT2D eigenvalue weighted by Gasteiger charge is -2.16. The predicted octanol–water partition coefficient (Wildman–Crippen LogP) is 3.81. The van der Waals surface area contributed by atoms with Crippen molar-refractivity contribution < 1.29 is 13.2 Å². The van der Waals surface area contributed by atoms with E-state index in [1.807, 2.05) is 36.6 Å². The molecule has 3 aromatic rings. The third-order valence-electron chi connectivity index (χ3n) is 4.92. The van der Waals surface area contributed by atoms with Crippen molar-refractivity contribution in [2.75, 3.05) is 13.6 Å². The standard InChI is InChI=1S/C23H25N3O3S2/c1-5-7-15-25(4)31(28,29)19-11-9-18(10-12-19)22(27)24-23-26(14-6-2)20-13-8-17(3)16-21(20)30-23/h2,8-13,16H,5,7,14-15H2,1,3-4H3. The monoisotopic (exact) mass is 455 g/mol. The number of thiazole rings is 1. The van der Waals surface area contributed by atoms with Crippen LogP contribution in [0, 0.1) is 19.3 Å². The fraction of sp³-hybridized carbons (Fsp3) is 0.304. The number of carbonyl (C=O) groups is 1. The Morgan fingerprint density at radius 3 is 2.58 bits per heavy atom. The summed E-state index contributed by atoms with van der Waals surface area (Å²) in [6.45, 7) is 4.77. The molecule has 0 aliphatic rings. The topological polar surface area (TPSA) is 71.7 Å². The first-order valence-electron chi connectivity index (χ1n) is 9.97. The zero-order valence-corrected chi connectivity index (χ0v) is 19.5. The lowest BCUT2D eigenvalue weighted by molar-refractivity contribution is 0.0998. The van der Waals surface area contributed by atoms with Crippen LogP contribution in [0.5, 0.6) is 0 Å². The Hall–Kier alpha value is -2.73. The minimum atomic E-state index is -3.58. The van der Waals surface area contributed by atoms with Gasteiger partial charge < -0.3 is 4.57 Å². The second kappa shape index (κ2) is 9.60. The molecule has 0 saturated heterocycles. The Bertz CT molecular complexity index is 1310. The van der Waals surface area contributed by atoms with Gasteiger partial charge in [0.05, 0.1) is 21.7 Å². The molecular weight excluding hydrogens is 430 g/mol. The van der Waals surface area contributed by atoms with Crippen LogP contribution < -0.4 is 4.80 Å². The van der Waals surface area contributed by atoms with Crippen molar-refractivity contribution in [3.8, 4) is 12.3 Å². The number of fused-ring (bicyclic) bond motifs is 1. The first kappa shape index (κ1) is 22.9. The molecule has 0 bridgehead atoms. The van der Waals surface area contributed by atoms with Gasteiger partial charge in [0, 0.05) is 19.2 Å². The van der Waals surface area contributed by atoms with Gasteiger partial charge in [0.15, 0.2) is 4.80 Å². The Balaban J connectivity index is 1.93. The molecule has 0 unspecified atom stereocenters. The summed E-state index contributed by atoms with van der Waals surface area (Å²) >= 11 is 1.40. The molecule has 0 atom stereocenters. The van der Waals surface area contributed by atoms with Gasteiger partial charge in [-0.25, -0.2) is 12.7 Å². The van der Waals surface area contributed by atoms with Crippen molar-refractivity contribution in [3.63, 3.8) is 0 Å². The number of rotatable bonds is 7.